The molecule has 32 heavy (non-hydrogen) atoms. The van der Waals surface area contributed by atoms with E-state index in [0.717, 1.165) is 4.68 Å². The Morgan fingerprint density at radius 3 is 2.12 bits per heavy atom. The van der Waals surface area contributed by atoms with Crippen molar-refractivity contribution in [2.75, 3.05) is 13.2 Å². The van der Waals surface area contributed by atoms with E-state index in [2.05, 4.69) is 34.7 Å². The van der Waals surface area contributed by atoms with Crippen LogP contribution in [0.4, 0.5) is 0 Å². The maximum Gasteiger partial charge on any atom is 0.344 e. The van der Waals surface area contributed by atoms with Gasteiger partial charge in [-0.15, -0.1) is 0 Å². The van der Waals surface area contributed by atoms with Crippen LogP contribution in [0.1, 0.15) is 45.1 Å². The molecule has 2 aromatic carbocycles. The fourth-order valence-corrected chi connectivity index (χ4v) is 3.60. The molecule has 0 radical (unpaired) electrons. The van der Waals surface area contributed by atoms with Crippen molar-refractivity contribution in [3.63, 3.8) is 0 Å². The predicted octanol–water partition coefficient (Wildman–Crippen LogP) is 2.89. The fraction of sp³-hybridized carbons (Fsp3) is 0.280. The highest BCUT2D eigenvalue weighted by molar-refractivity contribution is 5.92. The van der Waals surface area contributed by atoms with Crippen molar-refractivity contribution in [2.24, 2.45) is 7.05 Å². The van der Waals surface area contributed by atoms with Gasteiger partial charge in [0.1, 0.15) is 5.56 Å². The van der Waals surface area contributed by atoms with Gasteiger partial charge < -0.3 is 10.1 Å². The molecule has 0 aliphatic rings. The quantitative estimate of drug-likeness (QED) is 0.552. The second kappa shape index (κ2) is 10.5. The average molecular weight is 434 g/mol. The van der Waals surface area contributed by atoms with Crippen LogP contribution < -0.4 is 10.9 Å². The predicted molar refractivity (Wildman–Crippen MR) is 122 cm³/mol. The van der Waals surface area contributed by atoms with Crippen molar-refractivity contribution in [3.05, 3.63) is 99.0 Å². The first-order chi connectivity index (χ1) is 15.4. The van der Waals surface area contributed by atoms with E-state index in [1.165, 1.54) is 18.2 Å². The molecule has 3 aromatic rings. The lowest BCUT2D eigenvalue weighted by Gasteiger charge is -2.18. The number of aromatic nitrogens is 2. The van der Waals surface area contributed by atoms with E-state index < -0.39 is 24.0 Å². The van der Waals surface area contributed by atoms with Gasteiger partial charge in [0.25, 0.3) is 11.5 Å². The molecule has 1 heterocycles. The Bertz CT molecular complexity index is 1100. The molecule has 0 saturated carbocycles. The summed E-state index contributed by atoms with van der Waals surface area (Å²) < 4.78 is 6.19. The maximum atomic E-state index is 12.4. The number of carbonyl (C=O) groups excluding carboxylic acids is 2. The Labute approximate surface area is 187 Å². The lowest BCUT2D eigenvalue weighted by Crippen LogP contribution is -2.33. The van der Waals surface area contributed by atoms with Crippen LogP contribution in [-0.2, 0) is 16.6 Å². The van der Waals surface area contributed by atoms with Crippen LogP contribution in [0.15, 0.2) is 65.5 Å². The third-order valence-corrected chi connectivity index (χ3v) is 5.42. The van der Waals surface area contributed by atoms with Crippen molar-refractivity contribution in [1.82, 2.24) is 15.1 Å². The van der Waals surface area contributed by atoms with Crippen LogP contribution in [0.5, 0.6) is 0 Å². The Balaban J connectivity index is 1.58. The van der Waals surface area contributed by atoms with Gasteiger partial charge in [-0.05, 0) is 37.0 Å². The molecule has 0 bridgehead atoms. The molecule has 0 fully saturated rings. The number of carbonyl (C=O) groups is 2. The minimum atomic E-state index is -0.824. The zero-order valence-electron chi connectivity index (χ0n) is 18.5. The van der Waals surface area contributed by atoms with Gasteiger partial charge in [0.15, 0.2) is 6.61 Å². The molecule has 166 valence electrons. The van der Waals surface area contributed by atoms with E-state index in [1.54, 1.807) is 13.8 Å². The zero-order valence-corrected chi connectivity index (χ0v) is 18.5. The summed E-state index contributed by atoms with van der Waals surface area (Å²) in [4.78, 5) is 36.9. The number of hydrogen-bond acceptors (Lipinski definition) is 5. The Morgan fingerprint density at radius 2 is 1.56 bits per heavy atom. The van der Waals surface area contributed by atoms with Crippen molar-refractivity contribution < 1.29 is 14.3 Å². The van der Waals surface area contributed by atoms with Crippen molar-refractivity contribution in [2.45, 2.75) is 26.2 Å². The second-order valence-electron chi connectivity index (χ2n) is 7.60. The smallest absolute Gasteiger partial charge is 0.344 e. The molecule has 0 unspecified atom stereocenters. The molecule has 1 aromatic heterocycles. The van der Waals surface area contributed by atoms with Gasteiger partial charge in [0.05, 0.1) is 5.69 Å². The lowest BCUT2D eigenvalue weighted by atomic mass is 9.88. The fourth-order valence-electron chi connectivity index (χ4n) is 3.60. The van der Waals surface area contributed by atoms with E-state index in [4.69, 9.17) is 4.74 Å². The highest BCUT2D eigenvalue weighted by atomic mass is 16.5. The van der Waals surface area contributed by atoms with Gasteiger partial charge in [0.2, 0.25) is 0 Å². The molecule has 1 amide bonds. The number of nitrogens with zero attached hydrogens (tertiary/aromatic N) is 2. The van der Waals surface area contributed by atoms with Crippen LogP contribution in [-0.4, -0.2) is 34.8 Å². The first-order valence-electron chi connectivity index (χ1n) is 10.5. The van der Waals surface area contributed by atoms with E-state index in [1.807, 2.05) is 36.4 Å². The van der Waals surface area contributed by atoms with Crippen molar-refractivity contribution in [1.29, 1.82) is 0 Å². The van der Waals surface area contributed by atoms with Crippen LogP contribution in [0, 0.1) is 13.8 Å². The summed E-state index contributed by atoms with van der Waals surface area (Å²) >= 11 is 0. The molecular formula is C25H27N3O4. The number of ether oxygens (including phenoxy) is 1. The summed E-state index contributed by atoms with van der Waals surface area (Å²) in [5, 5.41) is 6.83. The molecule has 0 saturated heterocycles. The van der Waals surface area contributed by atoms with E-state index >= 15 is 0 Å². The third kappa shape index (κ3) is 5.49. The largest absolute Gasteiger partial charge is 0.452 e. The summed E-state index contributed by atoms with van der Waals surface area (Å²) in [7, 11) is 1.47. The first kappa shape index (κ1) is 22.9. The van der Waals surface area contributed by atoms with Gasteiger partial charge in [-0.25, -0.2) is 9.48 Å². The van der Waals surface area contributed by atoms with Gasteiger partial charge in [-0.3, -0.25) is 9.59 Å². The van der Waals surface area contributed by atoms with Crippen LogP contribution in [0.2, 0.25) is 0 Å². The molecule has 0 spiro atoms. The number of aryl methyl sites for hydroxylation is 2. The maximum absolute atomic E-state index is 12.4. The van der Waals surface area contributed by atoms with E-state index in [9.17, 15) is 14.4 Å². The van der Waals surface area contributed by atoms with E-state index in [0.29, 0.717) is 24.2 Å². The molecule has 1 N–H and O–H groups in total. The lowest BCUT2D eigenvalue weighted by molar-refractivity contribution is -0.124. The Morgan fingerprint density at radius 1 is 1.00 bits per heavy atom. The normalized spacial score (nSPS) is 10.8. The molecule has 0 aliphatic heterocycles. The molecule has 3 rings (SSSR count). The SMILES string of the molecule is Cc1nn(C)c(=O)c(C(=O)OCC(=O)NCCC(c2ccccc2)c2ccccc2)c1C. The second-order valence-corrected chi connectivity index (χ2v) is 7.60. The number of benzene rings is 2. The van der Waals surface area contributed by atoms with Crippen molar-refractivity contribution in [3.8, 4) is 0 Å². The standard InChI is InChI=1S/C25H27N3O4/c1-17-18(2)27-28(3)24(30)23(17)25(31)32-16-22(29)26-15-14-21(19-10-6-4-7-11-19)20-12-8-5-9-13-20/h4-13,21H,14-16H2,1-3H3,(H,26,29). The minimum Gasteiger partial charge on any atom is -0.452 e. The first-order valence-corrected chi connectivity index (χ1v) is 10.5. The molecule has 0 aliphatic carbocycles. The van der Waals surface area contributed by atoms with Crippen LogP contribution in [0.25, 0.3) is 0 Å². The monoisotopic (exact) mass is 433 g/mol. The molecular weight excluding hydrogens is 406 g/mol. The zero-order chi connectivity index (χ0) is 23.1. The molecule has 7 nitrogen and oxygen atoms in total. The van der Waals surface area contributed by atoms with Gasteiger partial charge in [-0.1, -0.05) is 60.7 Å². The van der Waals surface area contributed by atoms with Gasteiger partial charge in [-0.2, -0.15) is 5.10 Å². The third-order valence-electron chi connectivity index (χ3n) is 5.42. The summed E-state index contributed by atoms with van der Waals surface area (Å²) in [5.41, 5.74) is 2.69. The van der Waals surface area contributed by atoms with Gasteiger partial charge in [0, 0.05) is 19.5 Å². The number of hydrogen-bond donors (Lipinski definition) is 1. The number of rotatable bonds is 8. The Kier molecular flexibility index (Phi) is 7.54. The number of nitrogens with one attached hydrogen (secondary N) is 1. The van der Waals surface area contributed by atoms with Crippen LogP contribution in [0.3, 0.4) is 0 Å². The summed E-state index contributed by atoms with van der Waals surface area (Å²) in [6.45, 7) is 3.30. The number of esters is 1. The van der Waals surface area contributed by atoms with Crippen molar-refractivity contribution >= 4 is 11.9 Å². The summed E-state index contributed by atoms with van der Waals surface area (Å²) in [6.07, 6.45) is 0.691. The summed E-state index contributed by atoms with van der Waals surface area (Å²) in [6, 6.07) is 20.2. The highest BCUT2D eigenvalue weighted by Crippen LogP contribution is 2.27. The van der Waals surface area contributed by atoms with E-state index in [-0.39, 0.29) is 11.5 Å². The molecule has 7 heteroatoms. The molecule has 0 atom stereocenters. The van der Waals surface area contributed by atoms with Gasteiger partial charge >= 0.3 is 5.97 Å². The minimum absolute atomic E-state index is 0.0963. The summed E-state index contributed by atoms with van der Waals surface area (Å²) in [5.74, 6) is -1.11. The topological polar surface area (TPSA) is 90.3 Å². The highest BCUT2D eigenvalue weighted by Gasteiger charge is 2.20. The average Bonchev–Trinajstić information content (AvgIpc) is 2.80. The number of amides is 1. The Hall–Kier alpha value is -3.74. The van der Waals surface area contributed by atoms with Crippen LogP contribution >= 0.6 is 0 Å².